The van der Waals surface area contributed by atoms with Gasteiger partial charge in [-0.05, 0) is 49.2 Å². The Balaban J connectivity index is 1.84. The van der Waals surface area contributed by atoms with Crippen molar-refractivity contribution in [2.75, 3.05) is 13.2 Å². The fraction of sp³-hybridized carbons (Fsp3) is 0.217. The molecule has 0 aliphatic carbocycles. The van der Waals surface area contributed by atoms with Crippen LogP contribution < -0.4 is 0 Å². The van der Waals surface area contributed by atoms with Gasteiger partial charge >= 0.3 is 5.97 Å². The summed E-state index contributed by atoms with van der Waals surface area (Å²) in [6.45, 7) is 2.39. The van der Waals surface area contributed by atoms with Crippen molar-refractivity contribution in [1.82, 2.24) is 9.47 Å². The molecule has 0 N–H and O–H groups in total. The van der Waals surface area contributed by atoms with Crippen LogP contribution in [0.4, 0.5) is 4.39 Å². The first kappa shape index (κ1) is 18.9. The number of benzene rings is 2. The monoisotopic (exact) mass is 392 g/mol. The van der Waals surface area contributed by atoms with Crippen molar-refractivity contribution in [1.29, 1.82) is 0 Å². The molecule has 1 aliphatic heterocycles. The summed E-state index contributed by atoms with van der Waals surface area (Å²) in [5, 5.41) is 1.05. The van der Waals surface area contributed by atoms with E-state index in [0.29, 0.717) is 24.1 Å². The van der Waals surface area contributed by atoms with Crippen molar-refractivity contribution in [2.45, 2.75) is 13.3 Å². The highest BCUT2D eigenvalue weighted by Crippen LogP contribution is 2.34. The zero-order valence-electron chi connectivity index (χ0n) is 16.3. The molecule has 1 aliphatic rings. The molecule has 148 valence electrons. The second-order valence-corrected chi connectivity index (χ2v) is 6.92. The maximum Gasteiger partial charge on any atom is 0.341 e. The zero-order valence-corrected chi connectivity index (χ0v) is 16.3. The number of fused-ring (bicyclic) bond motifs is 3. The molecule has 0 saturated heterocycles. The van der Waals surface area contributed by atoms with Crippen molar-refractivity contribution in [3.63, 3.8) is 0 Å². The fourth-order valence-corrected chi connectivity index (χ4v) is 3.86. The van der Waals surface area contributed by atoms with E-state index in [1.54, 1.807) is 13.1 Å². The molecule has 0 radical (unpaired) electrons. The van der Waals surface area contributed by atoms with Crippen molar-refractivity contribution in [3.05, 3.63) is 77.4 Å². The lowest BCUT2D eigenvalue weighted by Crippen LogP contribution is -2.28. The molecule has 5 nitrogen and oxygen atoms in total. The van der Waals surface area contributed by atoms with E-state index in [-0.39, 0.29) is 12.5 Å². The largest absolute Gasteiger partial charge is 0.462 e. The number of aryl methyl sites for hydroxylation is 1. The number of amides is 1. The Morgan fingerprint density at radius 2 is 1.83 bits per heavy atom. The van der Waals surface area contributed by atoms with Crippen LogP contribution in [0.25, 0.3) is 16.5 Å². The maximum absolute atomic E-state index is 13.2. The Labute approximate surface area is 168 Å². The predicted molar refractivity (Wildman–Crippen MR) is 109 cm³/mol. The molecule has 0 atom stereocenters. The number of nitrogens with zero attached hydrogens (tertiary/aromatic N) is 2. The van der Waals surface area contributed by atoms with Crippen LogP contribution in [0.3, 0.4) is 0 Å². The average Bonchev–Trinajstić information content (AvgIpc) is 2.88. The van der Waals surface area contributed by atoms with Crippen LogP contribution in [-0.2, 0) is 23.0 Å². The van der Waals surface area contributed by atoms with Crippen LogP contribution in [0.2, 0.25) is 0 Å². The molecular weight excluding hydrogens is 371 g/mol. The van der Waals surface area contributed by atoms with Gasteiger partial charge in [-0.15, -0.1) is 0 Å². The molecule has 1 aromatic heterocycles. The topological polar surface area (TPSA) is 51.5 Å². The predicted octanol–water partition coefficient (Wildman–Crippen LogP) is 3.92. The van der Waals surface area contributed by atoms with Crippen molar-refractivity contribution in [3.8, 4) is 0 Å². The fourth-order valence-electron chi connectivity index (χ4n) is 3.86. The summed E-state index contributed by atoms with van der Waals surface area (Å²) in [6.07, 6.45) is 2.15. The number of halogens is 1. The number of hydrogen-bond acceptors (Lipinski definition) is 3. The summed E-state index contributed by atoms with van der Waals surface area (Å²) < 4.78 is 20.5. The number of carbonyl (C=O) groups is 2. The third-order valence-electron chi connectivity index (χ3n) is 5.20. The third-order valence-corrected chi connectivity index (χ3v) is 5.20. The number of ether oxygens (including phenoxy) is 1. The number of aromatic nitrogens is 1. The maximum atomic E-state index is 13.2. The van der Waals surface area contributed by atoms with E-state index in [4.69, 9.17) is 4.74 Å². The zero-order chi connectivity index (χ0) is 20.5. The molecule has 0 spiro atoms. The summed E-state index contributed by atoms with van der Waals surface area (Å²) in [4.78, 5) is 27.3. The van der Waals surface area contributed by atoms with Gasteiger partial charge in [-0.25, -0.2) is 9.18 Å². The minimum absolute atomic E-state index is 0.237. The van der Waals surface area contributed by atoms with Crippen LogP contribution >= 0.6 is 0 Å². The van der Waals surface area contributed by atoms with E-state index in [0.717, 1.165) is 22.2 Å². The van der Waals surface area contributed by atoms with E-state index in [2.05, 4.69) is 0 Å². The van der Waals surface area contributed by atoms with Crippen molar-refractivity contribution in [2.24, 2.45) is 7.05 Å². The molecule has 4 rings (SSSR count). The first-order valence-corrected chi connectivity index (χ1v) is 9.53. The van der Waals surface area contributed by atoms with Gasteiger partial charge in [-0.3, -0.25) is 4.79 Å². The SMILES string of the molecule is CCOC(=O)C1=CN(C(=O)c2ccc(F)cc2)CCc2c1n(C)c1ccccc21. The van der Waals surface area contributed by atoms with Gasteiger partial charge in [0.05, 0.1) is 17.9 Å². The lowest BCUT2D eigenvalue weighted by Gasteiger charge is -2.18. The molecule has 2 aromatic carbocycles. The van der Waals surface area contributed by atoms with E-state index < -0.39 is 11.8 Å². The first-order valence-electron chi connectivity index (χ1n) is 9.53. The molecule has 0 saturated carbocycles. The van der Waals surface area contributed by atoms with Gasteiger partial charge < -0.3 is 14.2 Å². The average molecular weight is 392 g/mol. The Bertz CT molecular complexity index is 1130. The molecule has 2 heterocycles. The van der Waals surface area contributed by atoms with Crippen molar-refractivity contribution < 1.29 is 18.7 Å². The summed E-state index contributed by atoms with van der Waals surface area (Å²) in [5.41, 5.74) is 3.50. The van der Waals surface area contributed by atoms with Gasteiger partial charge in [0.25, 0.3) is 5.91 Å². The molecule has 29 heavy (non-hydrogen) atoms. The quantitative estimate of drug-likeness (QED) is 0.635. The highest BCUT2D eigenvalue weighted by molar-refractivity contribution is 6.18. The molecule has 1 amide bonds. The highest BCUT2D eigenvalue weighted by atomic mass is 19.1. The van der Waals surface area contributed by atoms with Gasteiger partial charge in [0.1, 0.15) is 5.82 Å². The standard InChI is InChI=1S/C23H21FN2O3/c1-3-29-23(28)19-14-26(22(27)15-8-10-16(24)11-9-15)13-12-18-17-6-4-5-7-20(17)25(2)21(18)19/h4-11,14H,3,12-13H2,1-2H3. The summed E-state index contributed by atoms with van der Waals surface area (Å²) in [7, 11) is 1.91. The Morgan fingerprint density at radius 1 is 1.10 bits per heavy atom. The first-order chi connectivity index (χ1) is 14.0. The summed E-state index contributed by atoms with van der Waals surface area (Å²) >= 11 is 0. The Hall–Kier alpha value is -3.41. The van der Waals surface area contributed by atoms with Gasteiger partial charge in [-0.2, -0.15) is 0 Å². The molecule has 0 bridgehead atoms. The third kappa shape index (κ3) is 3.31. The van der Waals surface area contributed by atoms with Gasteiger partial charge in [0, 0.05) is 36.3 Å². The molecule has 0 unspecified atom stereocenters. The van der Waals surface area contributed by atoms with E-state index >= 15 is 0 Å². The molecule has 6 heteroatoms. The minimum atomic E-state index is -0.474. The number of hydrogen-bond donors (Lipinski definition) is 0. The smallest absolute Gasteiger partial charge is 0.341 e. The summed E-state index contributed by atoms with van der Waals surface area (Å²) in [6, 6.07) is 13.4. The lowest BCUT2D eigenvalue weighted by molar-refractivity contribution is -0.136. The lowest BCUT2D eigenvalue weighted by atomic mass is 10.0. The normalized spacial score (nSPS) is 13.6. The van der Waals surface area contributed by atoms with Gasteiger partial charge in [0.15, 0.2) is 0 Å². The van der Waals surface area contributed by atoms with Gasteiger partial charge in [-0.1, -0.05) is 18.2 Å². The van der Waals surface area contributed by atoms with Crippen LogP contribution in [0.5, 0.6) is 0 Å². The van der Waals surface area contributed by atoms with Crippen LogP contribution in [0, 0.1) is 5.82 Å². The number of para-hydroxylation sites is 1. The molecular formula is C23H21FN2O3. The van der Waals surface area contributed by atoms with E-state index in [1.165, 1.54) is 29.2 Å². The number of rotatable bonds is 3. The number of carbonyl (C=O) groups excluding carboxylic acids is 2. The Morgan fingerprint density at radius 3 is 2.55 bits per heavy atom. The van der Waals surface area contributed by atoms with Crippen LogP contribution in [0.1, 0.15) is 28.5 Å². The van der Waals surface area contributed by atoms with Crippen LogP contribution in [-0.4, -0.2) is 34.5 Å². The minimum Gasteiger partial charge on any atom is -0.462 e. The Kier molecular flexibility index (Phi) is 4.92. The molecule has 3 aromatic rings. The van der Waals surface area contributed by atoms with Crippen LogP contribution in [0.15, 0.2) is 54.7 Å². The molecule has 0 fully saturated rings. The second-order valence-electron chi connectivity index (χ2n) is 6.92. The number of esters is 1. The highest BCUT2D eigenvalue weighted by Gasteiger charge is 2.29. The second kappa shape index (κ2) is 7.54. The summed E-state index contributed by atoms with van der Waals surface area (Å²) in [5.74, 6) is -1.17. The van der Waals surface area contributed by atoms with Crippen molar-refractivity contribution >= 4 is 28.4 Å². The van der Waals surface area contributed by atoms with E-state index in [9.17, 15) is 14.0 Å². The van der Waals surface area contributed by atoms with Gasteiger partial charge in [0.2, 0.25) is 0 Å². The van der Waals surface area contributed by atoms with E-state index in [1.807, 2.05) is 35.9 Å².